The number of ether oxygens (including phenoxy) is 2. The van der Waals surface area contributed by atoms with Crippen molar-refractivity contribution in [3.05, 3.63) is 72.1 Å². The quantitative estimate of drug-likeness (QED) is 0.619. The molecule has 1 heterocycles. The minimum atomic E-state index is -0.293. The van der Waals surface area contributed by atoms with Crippen LogP contribution in [0.3, 0.4) is 0 Å². The molecule has 7 heteroatoms. The maximum Gasteiger partial charge on any atom is 0.161 e. The highest BCUT2D eigenvalue weighted by Crippen LogP contribution is 2.29. The van der Waals surface area contributed by atoms with Crippen LogP contribution in [0.2, 0.25) is 0 Å². The Morgan fingerprint density at radius 3 is 2.64 bits per heavy atom. The highest BCUT2D eigenvalue weighted by molar-refractivity contribution is 5.80. The van der Waals surface area contributed by atoms with E-state index in [1.807, 2.05) is 19.1 Å². The Balaban J connectivity index is 1.76. The lowest BCUT2D eigenvalue weighted by atomic mass is 10.2. The molecule has 2 aromatic carbocycles. The van der Waals surface area contributed by atoms with Gasteiger partial charge < -0.3 is 9.47 Å². The van der Waals surface area contributed by atoms with E-state index in [4.69, 9.17) is 9.47 Å². The number of benzene rings is 2. The lowest BCUT2D eigenvalue weighted by molar-refractivity contribution is 0.266. The van der Waals surface area contributed by atoms with Crippen molar-refractivity contribution in [2.75, 3.05) is 6.61 Å². The van der Waals surface area contributed by atoms with Gasteiger partial charge in [-0.2, -0.15) is 5.10 Å². The number of rotatable bonds is 7. The van der Waals surface area contributed by atoms with Crippen LogP contribution in [0, 0.1) is 5.82 Å². The molecular formula is C18H17FN4O2. The standard InChI is InChI=1S/C18H17FN4O2/c1-2-24-18-9-14(10-22-23-12-20-21-13-23)7-8-17(18)25-11-15-5-3-4-6-16(15)19/h3-10,12-13H,2,11H2,1H3/b22-10+. The Morgan fingerprint density at radius 2 is 1.88 bits per heavy atom. The van der Waals surface area contributed by atoms with E-state index in [0.717, 1.165) is 5.56 Å². The van der Waals surface area contributed by atoms with Crippen molar-refractivity contribution in [1.29, 1.82) is 0 Å². The smallest absolute Gasteiger partial charge is 0.161 e. The summed E-state index contributed by atoms with van der Waals surface area (Å²) in [5.41, 5.74) is 1.32. The topological polar surface area (TPSA) is 61.5 Å². The van der Waals surface area contributed by atoms with Crippen molar-refractivity contribution >= 4 is 6.21 Å². The number of halogens is 1. The summed E-state index contributed by atoms with van der Waals surface area (Å²) in [5.74, 6) is 0.830. The van der Waals surface area contributed by atoms with Gasteiger partial charge in [-0.05, 0) is 36.8 Å². The first-order chi connectivity index (χ1) is 12.3. The summed E-state index contributed by atoms with van der Waals surface area (Å²) in [6, 6.07) is 12.0. The molecule has 0 radical (unpaired) electrons. The van der Waals surface area contributed by atoms with E-state index in [0.29, 0.717) is 23.7 Å². The lowest BCUT2D eigenvalue weighted by Gasteiger charge is -2.13. The van der Waals surface area contributed by atoms with Gasteiger partial charge >= 0.3 is 0 Å². The molecule has 1 aromatic heterocycles. The summed E-state index contributed by atoms with van der Waals surface area (Å²) in [5, 5.41) is 11.6. The third kappa shape index (κ3) is 4.41. The lowest BCUT2D eigenvalue weighted by Crippen LogP contribution is -2.02. The van der Waals surface area contributed by atoms with Crippen molar-refractivity contribution in [2.24, 2.45) is 5.10 Å². The van der Waals surface area contributed by atoms with Crippen LogP contribution in [0.25, 0.3) is 0 Å². The zero-order valence-corrected chi connectivity index (χ0v) is 13.7. The van der Waals surface area contributed by atoms with Gasteiger partial charge in [0.25, 0.3) is 0 Å². The molecule has 0 unspecified atom stereocenters. The van der Waals surface area contributed by atoms with Gasteiger partial charge in [0.1, 0.15) is 25.1 Å². The molecule has 6 nitrogen and oxygen atoms in total. The second-order valence-electron chi connectivity index (χ2n) is 5.11. The molecule has 0 spiro atoms. The summed E-state index contributed by atoms with van der Waals surface area (Å²) in [4.78, 5) is 0. The zero-order valence-electron chi connectivity index (χ0n) is 13.7. The van der Waals surface area contributed by atoms with Gasteiger partial charge in [0.05, 0.1) is 12.8 Å². The Hall–Kier alpha value is -3.22. The van der Waals surface area contributed by atoms with Crippen LogP contribution in [0.1, 0.15) is 18.1 Å². The average Bonchev–Trinajstić information content (AvgIpc) is 3.14. The molecule has 3 aromatic rings. The Labute approximate surface area is 144 Å². The Kier molecular flexibility index (Phi) is 5.36. The third-order valence-corrected chi connectivity index (χ3v) is 3.36. The monoisotopic (exact) mass is 340 g/mol. The fourth-order valence-corrected chi connectivity index (χ4v) is 2.15. The second-order valence-corrected chi connectivity index (χ2v) is 5.11. The summed E-state index contributed by atoms with van der Waals surface area (Å²) in [6.45, 7) is 2.50. The molecule has 0 atom stereocenters. The van der Waals surface area contributed by atoms with Crippen LogP contribution < -0.4 is 9.47 Å². The first kappa shape index (κ1) is 16.6. The van der Waals surface area contributed by atoms with E-state index in [9.17, 15) is 4.39 Å². The number of aromatic nitrogens is 3. The normalized spacial score (nSPS) is 11.0. The summed E-state index contributed by atoms with van der Waals surface area (Å²) in [6.07, 6.45) is 4.64. The molecule has 128 valence electrons. The fraction of sp³-hybridized carbons (Fsp3) is 0.167. The molecule has 0 fully saturated rings. The van der Waals surface area contributed by atoms with Crippen LogP contribution in [-0.4, -0.2) is 27.7 Å². The average molecular weight is 340 g/mol. The highest BCUT2D eigenvalue weighted by Gasteiger charge is 2.08. The summed E-state index contributed by atoms with van der Waals surface area (Å²) >= 11 is 0. The molecule has 25 heavy (non-hydrogen) atoms. The third-order valence-electron chi connectivity index (χ3n) is 3.36. The minimum absolute atomic E-state index is 0.126. The molecular weight excluding hydrogens is 323 g/mol. The van der Waals surface area contributed by atoms with Crippen LogP contribution >= 0.6 is 0 Å². The van der Waals surface area contributed by atoms with Gasteiger partial charge in [0.15, 0.2) is 11.5 Å². The summed E-state index contributed by atoms with van der Waals surface area (Å²) < 4.78 is 26.5. The van der Waals surface area contributed by atoms with E-state index in [2.05, 4.69) is 15.3 Å². The SMILES string of the molecule is CCOc1cc(/C=N/n2cnnc2)ccc1OCc1ccccc1F. The van der Waals surface area contributed by atoms with E-state index < -0.39 is 0 Å². The largest absolute Gasteiger partial charge is 0.490 e. The fourth-order valence-electron chi connectivity index (χ4n) is 2.15. The molecule has 0 N–H and O–H groups in total. The molecule has 0 bridgehead atoms. The highest BCUT2D eigenvalue weighted by atomic mass is 19.1. The predicted octanol–water partition coefficient (Wildman–Crippen LogP) is 3.28. The molecule has 3 rings (SSSR count). The molecule has 0 aliphatic carbocycles. The first-order valence-corrected chi connectivity index (χ1v) is 7.78. The molecule has 0 aliphatic heterocycles. The van der Waals surface area contributed by atoms with Gasteiger partial charge in [0.2, 0.25) is 0 Å². The van der Waals surface area contributed by atoms with Crippen molar-refractivity contribution < 1.29 is 13.9 Å². The van der Waals surface area contributed by atoms with Crippen molar-refractivity contribution in [3.63, 3.8) is 0 Å². The molecule has 0 amide bonds. The van der Waals surface area contributed by atoms with Crippen LogP contribution in [0.5, 0.6) is 11.5 Å². The Bertz CT molecular complexity index is 850. The van der Waals surface area contributed by atoms with Crippen LogP contribution in [0.15, 0.2) is 60.2 Å². The van der Waals surface area contributed by atoms with Crippen LogP contribution in [-0.2, 0) is 6.61 Å². The van der Waals surface area contributed by atoms with Crippen molar-refractivity contribution in [2.45, 2.75) is 13.5 Å². The molecule has 0 saturated carbocycles. The number of hydrogen-bond donors (Lipinski definition) is 0. The molecule has 0 aliphatic rings. The maximum atomic E-state index is 13.7. The number of hydrogen-bond acceptors (Lipinski definition) is 5. The predicted molar refractivity (Wildman–Crippen MR) is 91.4 cm³/mol. The molecule has 0 saturated heterocycles. The number of nitrogens with zero attached hydrogens (tertiary/aromatic N) is 4. The van der Waals surface area contributed by atoms with Crippen molar-refractivity contribution in [3.8, 4) is 11.5 Å². The second kappa shape index (κ2) is 8.05. The van der Waals surface area contributed by atoms with Gasteiger partial charge in [-0.15, -0.1) is 10.2 Å². The Morgan fingerprint density at radius 1 is 1.08 bits per heavy atom. The first-order valence-electron chi connectivity index (χ1n) is 7.78. The van der Waals surface area contributed by atoms with Gasteiger partial charge in [-0.25, -0.2) is 9.07 Å². The van der Waals surface area contributed by atoms with Crippen LogP contribution in [0.4, 0.5) is 4.39 Å². The van der Waals surface area contributed by atoms with Gasteiger partial charge in [-0.1, -0.05) is 18.2 Å². The minimum Gasteiger partial charge on any atom is -0.490 e. The van der Waals surface area contributed by atoms with E-state index in [-0.39, 0.29) is 12.4 Å². The summed E-state index contributed by atoms with van der Waals surface area (Å²) in [7, 11) is 0. The van der Waals surface area contributed by atoms with E-state index in [1.165, 1.54) is 23.4 Å². The van der Waals surface area contributed by atoms with Gasteiger partial charge in [0, 0.05) is 5.56 Å². The van der Waals surface area contributed by atoms with E-state index >= 15 is 0 Å². The van der Waals surface area contributed by atoms with Crippen molar-refractivity contribution in [1.82, 2.24) is 14.9 Å². The van der Waals surface area contributed by atoms with Gasteiger partial charge in [-0.3, -0.25) is 0 Å². The zero-order chi connectivity index (χ0) is 17.5. The van der Waals surface area contributed by atoms with E-state index in [1.54, 1.807) is 30.5 Å². The maximum absolute atomic E-state index is 13.7.